The maximum atomic E-state index is 11.8. The fourth-order valence-corrected chi connectivity index (χ4v) is 2.04. The number of anilines is 1. The van der Waals surface area contributed by atoms with Crippen molar-refractivity contribution in [2.45, 2.75) is 0 Å². The van der Waals surface area contributed by atoms with Gasteiger partial charge in [0.25, 0.3) is 5.91 Å². The molecular weight excluding hydrogens is 342 g/mol. The van der Waals surface area contributed by atoms with Gasteiger partial charge in [-0.2, -0.15) is 0 Å². The lowest BCUT2D eigenvalue weighted by Crippen LogP contribution is -2.28. The Labute approximate surface area is 130 Å². The number of aromatic nitrogens is 1. The lowest BCUT2D eigenvalue weighted by molar-refractivity contribution is 0.0955. The van der Waals surface area contributed by atoms with Crippen molar-refractivity contribution < 1.29 is 4.79 Å². The molecule has 1 aromatic heterocycles. The molecule has 0 radical (unpaired) electrons. The zero-order chi connectivity index (χ0) is 14.4. The summed E-state index contributed by atoms with van der Waals surface area (Å²) in [6.45, 7) is 1.14. The molecule has 0 aliphatic heterocycles. The SMILES string of the molecule is O=C(NCCNc1ccnc(Cl)c1)c1ccc(Br)cc1. The summed E-state index contributed by atoms with van der Waals surface area (Å²) in [5.41, 5.74) is 1.52. The molecule has 0 spiro atoms. The van der Waals surface area contributed by atoms with E-state index in [-0.39, 0.29) is 5.91 Å². The molecule has 104 valence electrons. The normalized spacial score (nSPS) is 10.1. The van der Waals surface area contributed by atoms with Crippen LogP contribution in [0.3, 0.4) is 0 Å². The third-order valence-corrected chi connectivity index (χ3v) is 3.31. The second-order valence-electron chi connectivity index (χ2n) is 4.06. The van der Waals surface area contributed by atoms with Gasteiger partial charge in [-0.05, 0) is 36.4 Å². The van der Waals surface area contributed by atoms with Crippen molar-refractivity contribution in [3.63, 3.8) is 0 Å². The maximum Gasteiger partial charge on any atom is 0.251 e. The molecule has 20 heavy (non-hydrogen) atoms. The van der Waals surface area contributed by atoms with E-state index in [1.165, 1.54) is 0 Å². The Morgan fingerprint density at radius 3 is 2.65 bits per heavy atom. The first-order valence-corrected chi connectivity index (χ1v) is 7.21. The van der Waals surface area contributed by atoms with Crippen LogP contribution in [0.5, 0.6) is 0 Å². The molecule has 6 heteroatoms. The number of pyridine rings is 1. The monoisotopic (exact) mass is 353 g/mol. The van der Waals surface area contributed by atoms with Gasteiger partial charge < -0.3 is 10.6 Å². The highest BCUT2D eigenvalue weighted by atomic mass is 79.9. The first kappa shape index (κ1) is 14.8. The van der Waals surface area contributed by atoms with E-state index >= 15 is 0 Å². The second-order valence-corrected chi connectivity index (χ2v) is 5.36. The molecule has 0 saturated carbocycles. The van der Waals surface area contributed by atoms with Gasteiger partial charge in [0.15, 0.2) is 0 Å². The van der Waals surface area contributed by atoms with Gasteiger partial charge in [0.05, 0.1) is 0 Å². The van der Waals surface area contributed by atoms with E-state index < -0.39 is 0 Å². The van der Waals surface area contributed by atoms with E-state index in [0.717, 1.165) is 10.2 Å². The van der Waals surface area contributed by atoms with E-state index in [0.29, 0.717) is 23.8 Å². The van der Waals surface area contributed by atoms with Crippen molar-refractivity contribution in [2.24, 2.45) is 0 Å². The zero-order valence-corrected chi connectivity index (χ0v) is 12.9. The molecule has 2 N–H and O–H groups in total. The number of amides is 1. The predicted molar refractivity (Wildman–Crippen MR) is 84.2 cm³/mol. The van der Waals surface area contributed by atoms with Crippen molar-refractivity contribution in [3.05, 3.63) is 57.8 Å². The first-order valence-electron chi connectivity index (χ1n) is 6.04. The van der Waals surface area contributed by atoms with Crippen LogP contribution >= 0.6 is 27.5 Å². The third-order valence-electron chi connectivity index (χ3n) is 2.57. The Hall–Kier alpha value is -1.59. The summed E-state index contributed by atoms with van der Waals surface area (Å²) in [6, 6.07) is 10.8. The minimum absolute atomic E-state index is 0.0907. The number of halogens is 2. The van der Waals surface area contributed by atoms with E-state index in [1.807, 2.05) is 18.2 Å². The van der Waals surface area contributed by atoms with E-state index in [2.05, 4.69) is 31.5 Å². The average molecular weight is 355 g/mol. The van der Waals surface area contributed by atoms with Crippen molar-refractivity contribution in [3.8, 4) is 0 Å². The van der Waals surface area contributed by atoms with Gasteiger partial charge in [-0.25, -0.2) is 4.98 Å². The highest BCUT2D eigenvalue weighted by Crippen LogP contribution is 2.11. The van der Waals surface area contributed by atoms with Crippen LogP contribution in [0.4, 0.5) is 5.69 Å². The minimum atomic E-state index is -0.0907. The molecule has 0 bridgehead atoms. The van der Waals surface area contributed by atoms with Crippen LogP contribution in [-0.2, 0) is 0 Å². The average Bonchev–Trinajstić information content (AvgIpc) is 2.44. The quantitative estimate of drug-likeness (QED) is 0.639. The Kier molecular flexibility index (Phi) is 5.38. The van der Waals surface area contributed by atoms with E-state index in [9.17, 15) is 4.79 Å². The summed E-state index contributed by atoms with van der Waals surface area (Å²) in [6.07, 6.45) is 1.63. The fourth-order valence-electron chi connectivity index (χ4n) is 1.60. The number of hydrogen-bond acceptors (Lipinski definition) is 3. The smallest absolute Gasteiger partial charge is 0.251 e. The van der Waals surface area contributed by atoms with Gasteiger partial charge in [0.2, 0.25) is 0 Å². The van der Waals surface area contributed by atoms with E-state index in [1.54, 1.807) is 24.4 Å². The molecule has 0 aliphatic rings. The van der Waals surface area contributed by atoms with Gasteiger partial charge in [-0.15, -0.1) is 0 Å². The number of carbonyl (C=O) groups is 1. The summed E-state index contributed by atoms with van der Waals surface area (Å²) in [7, 11) is 0. The van der Waals surface area contributed by atoms with Crippen LogP contribution < -0.4 is 10.6 Å². The van der Waals surface area contributed by atoms with Gasteiger partial charge in [0, 0.05) is 35.0 Å². The van der Waals surface area contributed by atoms with Crippen LogP contribution in [0.25, 0.3) is 0 Å². The Morgan fingerprint density at radius 2 is 1.95 bits per heavy atom. The standard InChI is InChI=1S/C14H13BrClN3O/c15-11-3-1-10(2-4-11)14(20)19-8-7-17-12-5-6-18-13(16)9-12/h1-6,9H,7-8H2,(H,17,18)(H,19,20). The molecular formula is C14H13BrClN3O. The van der Waals surface area contributed by atoms with Gasteiger partial charge in [-0.3, -0.25) is 4.79 Å². The summed E-state index contributed by atoms with van der Waals surface area (Å²) in [5.74, 6) is -0.0907. The number of benzene rings is 1. The van der Waals surface area contributed by atoms with Crippen LogP contribution in [0.15, 0.2) is 47.1 Å². The molecule has 0 aliphatic carbocycles. The molecule has 0 atom stereocenters. The molecule has 2 aromatic rings. The number of rotatable bonds is 5. The predicted octanol–water partition coefficient (Wildman–Crippen LogP) is 3.34. The van der Waals surface area contributed by atoms with Crippen molar-refractivity contribution in [1.82, 2.24) is 10.3 Å². The fraction of sp³-hybridized carbons (Fsp3) is 0.143. The number of hydrogen-bond donors (Lipinski definition) is 2. The minimum Gasteiger partial charge on any atom is -0.383 e. The van der Waals surface area contributed by atoms with Crippen molar-refractivity contribution >= 4 is 39.1 Å². The number of carbonyl (C=O) groups excluding carboxylic acids is 1. The molecule has 0 unspecified atom stereocenters. The van der Waals surface area contributed by atoms with Crippen LogP contribution in [0.1, 0.15) is 10.4 Å². The summed E-state index contributed by atoms with van der Waals surface area (Å²) >= 11 is 9.11. The maximum absolute atomic E-state index is 11.8. The summed E-state index contributed by atoms with van der Waals surface area (Å²) in [4.78, 5) is 15.7. The first-order chi connectivity index (χ1) is 9.65. The molecule has 1 amide bonds. The molecule has 1 aromatic carbocycles. The van der Waals surface area contributed by atoms with Gasteiger partial charge in [0.1, 0.15) is 5.15 Å². The molecule has 2 rings (SSSR count). The Balaban J connectivity index is 1.76. The van der Waals surface area contributed by atoms with Gasteiger partial charge in [-0.1, -0.05) is 27.5 Å². The Morgan fingerprint density at radius 1 is 1.20 bits per heavy atom. The van der Waals surface area contributed by atoms with Crippen LogP contribution in [0, 0.1) is 0 Å². The second kappa shape index (κ2) is 7.26. The highest BCUT2D eigenvalue weighted by Gasteiger charge is 2.03. The lowest BCUT2D eigenvalue weighted by atomic mass is 10.2. The highest BCUT2D eigenvalue weighted by molar-refractivity contribution is 9.10. The number of nitrogens with one attached hydrogen (secondary N) is 2. The molecule has 0 saturated heterocycles. The lowest BCUT2D eigenvalue weighted by Gasteiger charge is -2.08. The largest absolute Gasteiger partial charge is 0.383 e. The van der Waals surface area contributed by atoms with Gasteiger partial charge >= 0.3 is 0 Å². The third kappa shape index (κ3) is 4.51. The number of nitrogens with zero attached hydrogens (tertiary/aromatic N) is 1. The van der Waals surface area contributed by atoms with E-state index in [4.69, 9.17) is 11.6 Å². The van der Waals surface area contributed by atoms with Crippen LogP contribution in [-0.4, -0.2) is 24.0 Å². The summed E-state index contributed by atoms with van der Waals surface area (Å²) in [5, 5.41) is 6.43. The molecule has 0 fully saturated rings. The summed E-state index contributed by atoms with van der Waals surface area (Å²) < 4.78 is 0.949. The Bertz CT molecular complexity index is 589. The molecule has 1 heterocycles. The van der Waals surface area contributed by atoms with Crippen LogP contribution in [0.2, 0.25) is 5.15 Å². The van der Waals surface area contributed by atoms with Crippen molar-refractivity contribution in [1.29, 1.82) is 0 Å². The zero-order valence-electron chi connectivity index (χ0n) is 10.6. The molecule has 4 nitrogen and oxygen atoms in total. The topological polar surface area (TPSA) is 54.0 Å². The van der Waals surface area contributed by atoms with Crippen molar-refractivity contribution in [2.75, 3.05) is 18.4 Å².